The van der Waals surface area contributed by atoms with Gasteiger partial charge in [-0.1, -0.05) is 35.9 Å². The van der Waals surface area contributed by atoms with Crippen LogP contribution in [0.5, 0.6) is 0 Å². The van der Waals surface area contributed by atoms with Gasteiger partial charge in [-0.2, -0.15) is 0 Å². The summed E-state index contributed by atoms with van der Waals surface area (Å²) in [6.45, 7) is 0. The molecule has 0 aliphatic heterocycles. The molecule has 2 aromatic carbocycles. The minimum atomic E-state index is -0.273. The van der Waals surface area contributed by atoms with Crippen molar-refractivity contribution in [3.8, 4) is 11.5 Å². The third-order valence-electron chi connectivity index (χ3n) is 3.92. The SMILES string of the molecule is O=C(Nc1cccc(Cl)c1)c1nc(-c2ccccc2)oc1C1CC1. The van der Waals surface area contributed by atoms with E-state index >= 15 is 0 Å². The van der Waals surface area contributed by atoms with Gasteiger partial charge in [0.25, 0.3) is 5.91 Å². The van der Waals surface area contributed by atoms with Crippen LogP contribution in [0.2, 0.25) is 5.02 Å². The number of rotatable bonds is 4. The van der Waals surface area contributed by atoms with Gasteiger partial charge < -0.3 is 9.73 Å². The number of hydrogen-bond donors (Lipinski definition) is 1. The summed E-state index contributed by atoms with van der Waals surface area (Å²) in [6, 6.07) is 16.6. The Balaban J connectivity index is 1.66. The number of carbonyl (C=O) groups is 1. The highest BCUT2D eigenvalue weighted by atomic mass is 35.5. The van der Waals surface area contributed by atoms with E-state index < -0.39 is 0 Å². The van der Waals surface area contributed by atoms with Gasteiger partial charge in [0.1, 0.15) is 5.76 Å². The molecule has 3 aromatic rings. The van der Waals surface area contributed by atoms with E-state index in [0.29, 0.717) is 28.1 Å². The van der Waals surface area contributed by atoms with E-state index in [-0.39, 0.29) is 11.8 Å². The number of carbonyl (C=O) groups excluding carboxylic acids is 1. The van der Waals surface area contributed by atoms with E-state index in [1.807, 2.05) is 30.3 Å². The average Bonchev–Trinajstić information content (AvgIpc) is 3.34. The highest BCUT2D eigenvalue weighted by Crippen LogP contribution is 2.43. The topological polar surface area (TPSA) is 55.1 Å². The summed E-state index contributed by atoms with van der Waals surface area (Å²) in [6.07, 6.45) is 2.06. The van der Waals surface area contributed by atoms with Crippen molar-refractivity contribution in [2.75, 3.05) is 5.32 Å². The second-order valence-corrected chi connectivity index (χ2v) is 6.27. The molecule has 0 bridgehead atoms. The van der Waals surface area contributed by atoms with E-state index in [4.69, 9.17) is 16.0 Å². The van der Waals surface area contributed by atoms with E-state index in [1.165, 1.54) is 0 Å². The van der Waals surface area contributed by atoms with Crippen LogP contribution in [0.4, 0.5) is 5.69 Å². The Morgan fingerprint density at radius 2 is 1.92 bits per heavy atom. The summed E-state index contributed by atoms with van der Waals surface area (Å²) < 4.78 is 5.91. The number of nitrogens with one attached hydrogen (secondary N) is 1. The molecule has 1 N–H and O–H groups in total. The van der Waals surface area contributed by atoms with Gasteiger partial charge in [-0.05, 0) is 43.2 Å². The van der Waals surface area contributed by atoms with Crippen LogP contribution in [0, 0.1) is 0 Å². The first-order valence-corrected chi connectivity index (χ1v) is 8.21. The predicted molar refractivity (Wildman–Crippen MR) is 93.3 cm³/mol. The summed E-state index contributed by atoms with van der Waals surface area (Å²) in [4.78, 5) is 17.1. The first-order valence-electron chi connectivity index (χ1n) is 7.84. The van der Waals surface area contributed by atoms with Gasteiger partial charge in [0.2, 0.25) is 5.89 Å². The molecule has 0 unspecified atom stereocenters. The van der Waals surface area contributed by atoms with Gasteiger partial charge in [-0.15, -0.1) is 0 Å². The number of halogens is 1. The predicted octanol–water partition coefficient (Wildman–Crippen LogP) is 5.12. The van der Waals surface area contributed by atoms with Gasteiger partial charge in [0.15, 0.2) is 5.69 Å². The van der Waals surface area contributed by atoms with Gasteiger partial charge in [0.05, 0.1) is 0 Å². The minimum absolute atomic E-state index is 0.273. The summed E-state index contributed by atoms with van der Waals surface area (Å²) >= 11 is 5.96. The summed E-state index contributed by atoms with van der Waals surface area (Å²) in [5, 5.41) is 3.41. The highest BCUT2D eigenvalue weighted by molar-refractivity contribution is 6.30. The molecule has 0 atom stereocenters. The molecule has 1 aromatic heterocycles. The number of benzene rings is 2. The zero-order valence-electron chi connectivity index (χ0n) is 12.8. The molecular weight excluding hydrogens is 324 g/mol. The van der Waals surface area contributed by atoms with Gasteiger partial charge in [-0.25, -0.2) is 4.98 Å². The molecule has 1 aliphatic rings. The Labute approximate surface area is 144 Å². The lowest BCUT2D eigenvalue weighted by molar-refractivity contribution is 0.102. The van der Waals surface area contributed by atoms with Crippen LogP contribution < -0.4 is 5.32 Å². The molecule has 5 heteroatoms. The molecule has 1 heterocycles. The Bertz CT molecular complexity index is 885. The monoisotopic (exact) mass is 338 g/mol. The van der Waals surface area contributed by atoms with Crippen molar-refractivity contribution < 1.29 is 9.21 Å². The quantitative estimate of drug-likeness (QED) is 0.717. The van der Waals surface area contributed by atoms with Crippen molar-refractivity contribution in [1.82, 2.24) is 4.98 Å². The van der Waals surface area contributed by atoms with Gasteiger partial charge >= 0.3 is 0 Å². The number of hydrogen-bond acceptors (Lipinski definition) is 3. The molecule has 1 aliphatic carbocycles. The molecule has 0 saturated heterocycles. The van der Waals surface area contributed by atoms with Crippen LogP contribution in [-0.4, -0.2) is 10.9 Å². The Morgan fingerprint density at radius 3 is 2.62 bits per heavy atom. The first kappa shape index (κ1) is 15.0. The van der Waals surface area contributed by atoms with Crippen LogP contribution in [0.3, 0.4) is 0 Å². The third kappa shape index (κ3) is 3.05. The first-order chi connectivity index (χ1) is 11.7. The van der Waals surface area contributed by atoms with Crippen molar-refractivity contribution in [3.05, 3.63) is 71.1 Å². The molecule has 0 spiro atoms. The minimum Gasteiger partial charge on any atom is -0.440 e. The van der Waals surface area contributed by atoms with Crippen molar-refractivity contribution in [2.24, 2.45) is 0 Å². The number of amides is 1. The van der Waals surface area contributed by atoms with Crippen LogP contribution in [0.1, 0.15) is 35.0 Å². The molecule has 1 fully saturated rings. The van der Waals surface area contributed by atoms with Crippen LogP contribution >= 0.6 is 11.6 Å². The molecule has 0 radical (unpaired) electrons. The Hall–Kier alpha value is -2.59. The Kier molecular flexibility index (Phi) is 3.82. The third-order valence-corrected chi connectivity index (χ3v) is 4.15. The van der Waals surface area contributed by atoms with Crippen molar-refractivity contribution >= 4 is 23.2 Å². The lowest BCUT2D eigenvalue weighted by atomic mass is 10.2. The zero-order chi connectivity index (χ0) is 16.5. The van der Waals surface area contributed by atoms with E-state index in [2.05, 4.69) is 10.3 Å². The highest BCUT2D eigenvalue weighted by Gasteiger charge is 2.34. The number of oxazole rings is 1. The number of nitrogens with zero attached hydrogens (tertiary/aromatic N) is 1. The number of anilines is 1. The average molecular weight is 339 g/mol. The largest absolute Gasteiger partial charge is 0.440 e. The van der Waals surface area contributed by atoms with E-state index in [9.17, 15) is 4.79 Å². The zero-order valence-corrected chi connectivity index (χ0v) is 13.6. The molecule has 120 valence electrons. The normalized spacial score (nSPS) is 13.7. The fourth-order valence-electron chi connectivity index (χ4n) is 2.58. The summed E-state index contributed by atoms with van der Waals surface area (Å²) in [5.41, 5.74) is 1.86. The molecule has 1 saturated carbocycles. The van der Waals surface area contributed by atoms with Crippen molar-refractivity contribution in [1.29, 1.82) is 0 Å². The van der Waals surface area contributed by atoms with Crippen LogP contribution in [0.15, 0.2) is 59.0 Å². The fourth-order valence-corrected chi connectivity index (χ4v) is 2.77. The summed E-state index contributed by atoms with van der Waals surface area (Å²) in [5.74, 6) is 1.17. The maximum absolute atomic E-state index is 12.6. The van der Waals surface area contributed by atoms with Crippen molar-refractivity contribution in [2.45, 2.75) is 18.8 Å². The molecule has 1 amide bonds. The molecule has 4 nitrogen and oxygen atoms in total. The molecule has 24 heavy (non-hydrogen) atoms. The van der Waals surface area contributed by atoms with Gasteiger partial charge in [0, 0.05) is 22.2 Å². The van der Waals surface area contributed by atoms with E-state index in [1.54, 1.807) is 24.3 Å². The smallest absolute Gasteiger partial charge is 0.277 e. The number of aromatic nitrogens is 1. The molecule has 4 rings (SSSR count). The maximum Gasteiger partial charge on any atom is 0.277 e. The summed E-state index contributed by atoms with van der Waals surface area (Å²) in [7, 11) is 0. The van der Waals surface area contributed by atoms with Crippen LogP contribution in [-0.2, 0) is 0 Å². The second kappa shape index (κ2) is 6.13. The van der Waals surface area contributed by atoms with E-state index in [0.717, 1.165) is 18.4 Å². The fraction of sp³-hybridized carbons (Fsp3) is 0.158. The lowest BCUT2D eigenvalue weighted by Gasteiger charge is -2.04. The van der Waals surface area contributed by atoms with Crippen molar-refractivity contribution in [3.63, 3.8) is 0 Å². The lowest BCUT2D eigenvalue weighted by Crippen LogP contribution is -2.14. The second-order valence-electron chi connectivity index (χ2n) is 5.84. The Morgan fingerprint density at radius 1 is 1.12 bits per heavy atom. The van der Waals surface area contributed by atoms with Crippen LogP contribution in [0.25, 0.3) is 11.5 Å². The van der Waals surface area contributed by atoms with Gasteiger partial charge in [-0.3, -0.25) is 4.79 Å². The maximum atomic E-state index is 12.6. The molecular formula is C19H15ClN2O2. The standard InChI is InChI=1S/C19H15ClN2O2/c20-14-7-4-8-15(11-14)21-18(23)16-17(12-9-10-12)24-19(22-16)13-5-2-1-3-6-13/h1-8,11-12H,9-10H2,(H,21,23).